The minimum Gasteiger partial charge on any atom is -0.276 e. The number of carbonyl (C=O) groups excluding carboxylic acids is 1. The highest BCUT2D eigenvalue weighted by Crippen LogP contribution is 2.34. The molecular formula is C17H10ClFOS. The molecule has 1 nitrogen and oxygen atoms in total. The van der Waals surface area contributed by atoms with Crippen molar-refractivity contribution in [3.63, 3.8) is 0 Å². The summed E-state index contributed by atoms with van der Waals surface area (Å²) in [6.07, 6.45) is 0. The second-order valence-electron chi connectivity index (χ2n) is 4.53. The number of hydrogen-bond acceptors (Lipinski definition) is 2. The predicted octanol–water partition coefficient (Wildman–Crippen LogP) is 5.60. The summed E-state index contributed by atoms with van der Waals surface area (Å²) in [6, 6.07) is 15.6. The molecule has 0 spiro atoms. The molecule has 104 valence electrons. The van der Waals surface area contributed by atoms with E-state index < -0.39 is 5.24 Å². The van der Waals surface area contributed by atoms with Crippen molar-refractivity contribution in [1.29, 1.82) is 0 Å². The number of rotatable bonds is 3. The molecule has 0 unspecified atom stereocenters. The zero-order valence-corrected chi connectivity index (χ0v) is 12.4. The zero-order valence-electron chi connectivity index (χ0n) is 10.8. The fourth-order valence-electron chi connectivity index (χ4n) is 2.14. The van der Waals surface area contributed by atoms with Crippen LogP contribution in [0.15, 0.2) is 60.0 Å². The number of hydrogen-bond donors (Lipinski definition) is 0. The topological polar surface area (TPSA) is 17.1 Å². The summed E-state index contributed by atoms with van der Waals surface area (Å²) in [4.78, 5) is 12.4. The van der Waals surface area contributed by atoms with Crippen molar-refractivity contribution >= 4 is 28.2 Å². The molecule has 0 bridgehead atoms. The number of carbonyl (C=O) groups is 1. The molecular weight excluding hydrogens is 307 g/mol. The van der Waals surface area contributed by atoms with E-state index in [2.05, 4.69) is 0 Å². The second kappa shape index (κ2) is 5.80. The maximum Gasteiger partial charge on any atom is 0.253 e. The van der Waals surface area contributed by atoms with Crippen LogP contribution in [0.4, 0.5) is 4.39 Å². The van der Waals surface area contributed by atoms with Gasteiger partial charge in [0.2, 0.25) is 0 Å². The number of halogens is 2. The van der Waals surface area contributed by atoms with Gasteiger partial charge in [0, 0.05) is 16.0 Å². The fraction of sp³-hybridized carbons (Fsp3) is 0. The Morgan fingerprint density at radius 2 is 1.71 bits per heavy atom. The molecule has 1 aromatic heterocycles. The van der Waals surface area contributed by atoms with E-state index in [1.165, 1.54) is 23.5 Å². The quantitative estimate of drug-likeness (QED) is 0.575. The Kier molecular flexibility index (Phi) is 3.86. The minimum atomic E-state index is -0.470. The van der Waals surface area contributed by atoms with Crippen molar-refractivity contribution in [2.24, 2.45) is 0 Å². The van der Waals surface area contributed by atoms with Crippen LogP contribution in [0.5, 0.6) is 0 Å². The molecule has 0 aliphatic heterocycles. The summed E-state index contributed by atoms with van der Waals surface area (Å²) in [7, 11) is 0. The third-order valence-corrected chi connectivity index (χ3v) is 4.35. The molecule has 3 rings (SSSR count). The van der Waals surface area contributed by atoms with Gasteiger partial charge in [0.1, 0.15) is 5.82 Å². The normalized spacial score (nSPS) is 10.6. The van der Waals surface area contributed by atoms with E-state index in [9.17, 15) is 9.18 Å². The van der Waals surface area contributed by atoms with Crippen LogP contribution in [0.2, 0.25) is 0 Å². The summed E-state index contributed by atoms with van der Waals surface area (Å²) in [5.74, 6) is -0.257. The van der Waals surface area contributed by atoms with Crippen molar-refractivity contribution in [2.45, 2.75) is 0 Å². The summed E-state index contributed by atoms with van der Waals surface area (Å²) < 4.78 is 13.0. The van der Waals surface area contributed by atoms with Crippen LogP contribution in [0, 0.1) is 5.82 Å². The van der Waals surface area contributed by atoms with Crippen LogP contribution in [0.25, 0.3) is 21.6 Å². The Balaban J connectivity index is 2.03. The molecule has 0 aliphatic carbocycles. The first-order chi connectivity index (χ1) is 10.1. The van der Waals surface area contributed by atoms with Gasteiger partial charge in [-0.25, -0.2) is 4.39 Å². The van der Waals surface area contributed by atoms with Gasteiger partial charge >= 0.3 is 0 Å². The second-order valence-corrected chi connectivity index (χ2v) is 5.78. The Hall–Kier alpha value is -1.97. The highest BCUT2D eigenvalue weighted by Gasteiger charge is 2.12. The smallest absolute Gasteiger partial charge is 0.253 e. The first-order valence-electron chi connectivity index (χ1n) is 6.29. The van der Waals surface area contributed by atoms with E-state index in [1.807, 2.05) is 23.6 Å². The summed E-state index contributed by atoms with van der Waals surface area (Å²) in [5.41, 5.74) is 3.24. The maximum atomic E-state index is 13.0. The lowest BCUT2D eigenvalue weighted by Crippen LogP contribution is -1.91. The highest BCUT2D eigenvalue weighted by molar-refractivity contribution is 7.14. The van der Waals surface area contributed by atoms with E-state index >= 15 is 0 Å². The van der Waals surface area contributed by atoms with Gasteiger partial charge in [-0.1, -0.05) is 30.3 Å². The van der Waals surface area contributed by atoms with Crippen molar-refractivity contribution in [3.05, 3.63) is 71.4 Å². The van der Waals surface area contributed by atoms with E-state index in [4.69, 9.17) is 11.6 Å². The van der Waals surface area contributed by atoms with Gasteiger partial charge in [-0.05, 0) is 52.4 Å². The standard InChI is InChI=1S/C17H10ClFOS/c18-17(20)15-4-2-1-3-14(15)16-9-12(10-21-16)11-5-7-13(19)8-6-11/h1-10H. The van der Waals surface area contributed by atoms with Crippen molar-refractivity contribution < 1.29 is 9.18 Å². The lowest BCUT2D eigenvalue weighted by atomic mass is 10.0. The maximum absolute atomic E-state index is 13.0. The molecule has 2 aromatic carbocycles. The third-order valence-electron chi connectivity index (χ3n) is 3.18. The lowest BCUT2D eigenvalue weighted by molar-refractivity contribution is 0.108. The molecule has 0 atom stereocenters. The van der Waals surface area contributed by atoms with Gasteiger partial charge in [-0.15, -0.1) is 11.3 Å². The van der Waals surface area contributed by atoms with Crippen LogP contribution >= 0.6 is 22.9 Å². The first-order valence-corrected chi connectivity index (χ1v) is 7.54. The van der Waals surface area contributed by atoms with E-state index in [1.54, 1.807) is 24.3 Å². The number of thiophene rings is 1. The van der Waals surface area contributed by atoms with Gasteiger partial charge in [0.05, 0.1) is 0 Å². The number of benzene rings is 2. The average molecular weight is 317 g/mol. The van der Waals surface area contributed by atoms with E-state index in [-0.39, 0.29) is 5.82 Å². The highest BCUT2D eigenvalue weighted by atomic mass is 35.5. The monoisotopic (exact) mass is 316 g/mol. The van der Waals surface area contributed by atoms with E-state index in [0.29, 0.717) is 5.56 Å². The Morgan fingerprint density at radius 1 is 1.00 bits per heavy atom. The Labute approximate surface area is 130 Å². The van der Waals surface area contributed by atoms with Crippen molar-refractivity contribution in [1.82, 2.24) is 0 Å². The third kappa shape index (κ3) is 2.89. The van der Waals surface area contributed by atoms with Crippen LogP contribution in [-0.2, 0) is 0 Å². The molecule has 0 amide bonds. The molecule has 0 radical (unpaired) electrons. The molecule has 21 heavy (non-hydrogen) atoms. The Bertz CT molecular complexity index is 793. The molecule has 0 saturated carbocycles. The summed E-state index contributed by atoms with van der Waals surface area (Å²) in [5, 5.41) is 1.51. The summed E-state index contributed by atoms with van der Waals surface area (Å²) >= 11 is 7.15. The van der Waals surface area contributed by atoms with E-state index in [0.717, 1.165) is 21.6 Å². The first kappa shape index (κ1) is 14.0. The fourth-order valence-corrected chi connectivity index (χ4v) is 3.26. The van der Waals surface area contributed by atoms with Gasteiger partial charge in [-0.3, -0.25) is 4.79 Å². The SMILES string of the molecule is O=C(Cl)c1ccccc1-c1cc(-c2ccc(F)cc2)cs1. The van der Waals surface area contributed by atoms with Crippen molar-refractivity contribution in [3.8, 4) is 21.6 Å². The molecule has 0 saturated heterocycles. The summed E-state index contributed by atoms with van der Waals surface area (Å²) in [6.45, 7) is 0. The van der Waals surface area contributed by atoms with Crippen LogP contribution in [0.3, 0.4) is 0 Å². The average Bonchev–Trinajstić information content (AvgIpc) is 2.97. The van der Waals surface area contributed by atoms with Crippen LogP contribution in [0.1, 0.15) is 10.4 Å². The molecule has 0 aliphatic rings. The lowest BCUT2D eigenvalue weighted by Gasteiger charge is -2.02. The molecule has 4 heteroatoms. The van der Waals surface area contributed by atoms with Crippen LogP contribution < -0.4 is 0 Å². The zero-order chi connectivity index (χ0) is 14.8. The molecule has 0 N–H and O–H groups in total. The predicted molar refractivity (Wildman–Crippen MR) is 85.3 cm³/mol. The molecule has 1 heterocycles. The largest absolute Gasteiger partial charge is 0.276 e. The van der Waals surface area contributed by atoms with Gasteiger partial charge in [-0.2, -0.15) is 0 Å². The van der Waals surface area contributed by atoms with Gasteiger partial charge in [0.15, 0.2) is 0 Å². The Morgan fingerprint density at radius 3 is 2.43 bits per heavy atom. The van der Waals surface area contributed by atoms with Crippen LogP contribution in [-0.4, -0.2) is 5.24 Å². The minimum absolute atomic E-state index is 0.257. The van der Waals surface area contributed by atoms with Gasteiger partial charge < -0.3 is 0 Å². The van der Waals surface area contributed by atoms with Gasteiger partial charge in [0.25, 0.3) is 5.24 Å². The molecule has 0 fully saturated rings. The molecule has 3 aromatic rings. The van der Waals surface area contributed by atoms with Crippen molar-refractivity contribution in [2.75, 3.05) is 0 Å².